The molecule has 7 nitrogen and oxygen atoms in total. The number of carbonyl (C=O) groups is 2. The first kappa shape index (κ1) is 45.8. The van der Waals surface area contributed by atoms with Crippen molar-refractivity contribution in [3.05, 3.63) is 0 Å². The molecule has 0 saturated carbocycles. The fourth-order valence-electron chi connectivity index (χ4n) is 5.89. The molecule has 0 saturated heterocycles. The standard InChI is InChI=1S/C40H78O7/c1-3-5-7-9-11-13-15-17-18-20-22-24-26-28-30-32-40(44)47-36-38(45-34-37(42)33-41)35-46-39(43)31-29-27-25-23-21-19-16-14-12-10-8-6-4-2/h37-38,41-42H,3-36H2,1-2H3. The van der Waals surface area contributed by atoms with E-state index in [0.717, 1.165) is 38.5 Å². The third-order valence-corrected chi connectivity index (χ3v) is 9.06. The number of rotatable bonds is 38. The zero-order chi connectivity index (χ0) is 34.5. The van der Waals surface area contributed by atoms with Crippen LogP contribution in [0.3, 0.4) is 0 Å². The second-order valence-electron chi connectivity index (χ2n) is 13.9. The molecule has 0 aromatic rings. The van der Waals surface area contributed by atoms with E-state index in [1.807, 2.05) is 0 Å². The second-order valence-corrected chi connectivity index (χ2v) is 13.9. The van der Waals surface area contributed by atoms with Crippen LogP contribution >= 0.6 is 0 Å². The van der Waals surface area contributed by atoms with E-state index in [1.165, 1.54) is 141 Å². The van der Waals surface area contributed by atoms with Crippen molar-refractivity contribution >= 4 is 11.9 Å². The zero-order valence-corrected chi connectivity index (χ0v) is 31.1. The lowest BCUT2D eigenvalue weighted by molar-refractivity contribution is -0.157. The summed E-state index contributed by atoms with van der Waals surface area (Å²) >= 11 is 0. The van der Waals surface area contributed by atoms with Gasteiger partial charge in [-0.1, -0.05) is 181 Å². The predicted molar refractivity (Wildman–Crippen MR) is 195 cm³/mol. The molecule has 7 heteroatoms. The molecule has 0 fully saturated rings. The average molecular weight is 671 g/mol. The van der Waals surface area contributed by atoms with Crippen molar-refractivity contribution < 1.29 is 34.0 Å². The highest BCUT2D eigenvalue weighted by atomic mass is 16.6. The molecule has 47 heavy (non-hydrogen) atoms. The van der Waals surface area contributed by atoms with Gasteiger partial charge in [0.15, 0.2) is 0 Å². The van der Waals surface area contributed by atoms with Crippen LogP contribution in [0.5, 0.6) is 0 Å². The minimum atomic E-state index is -1.03. The van der Waals surface area contributed by atoms with Crippen LogP contribution in [0.1, 0.15) is 206 Å². The minimum absolute atomic E-state index is 0.0399. The lowest BCUT2D eigenvalue weighted by atomic mass is 10.0. The molecule has 0 rings (SSSR count). The predicted octanol–water partition coefficient (Wildman–Crippen LogP) is 10.6. The molecule has 0 heterocycles. The summed E-state index contributed by atoms with van der Waals surface area (Å²) in [5.74, 6) is -0.567. The van der Waals surface area contributed by atoms with Crippen molar-refractivity contribution in [1.29, 1.82) is 0 Å². The summed E-state index contributed by atoms with van der Waals surface area (Å²) in [5, 5.41) is 18.8. The summed E-state index contributed by atoms with van der Waals surface area (Å²) in [7, 11) is 0. The molecule has 0 aliphatic heterocycles. The quantitative estimate of drug-likeness (QED) is 0.0498. The normalized spacial score (nSPS) is 12.7. The van der Waals surface area contributed by atoms with E-state index >= 15 is 0 Å². The van der Waals surface area contributed by atoms with Crippen LogP contribution in [0.2, 0.25) is 0 Å². The van der Waals surface area contributed by atoms with Crippen LogP contribution in [0.4, 0.5) is 0 Å². The van der Waals surface area contributed by atoms with E-state index < -0.39 is 18.8 Å². The van der Waals surface area contributed by atoms with Gasteiger partial charge in [0, 0.05) is 12.8 Å². The van der Waals surface area contributed by atoms with Crippen LogP contribution in [0, 0.1) is 0 Å². The van der Waals surface area contributed by atoms with E-state index in [-0.39, 0.29) is 31.8 Å². The van der Waals surface area contributed by atoms with Crippen molar-refractivity contribution in [3.63, 3.8) is 0 Å². The maximum atomic E-state index is 12.3. The summed E-state index contributed by atoms with van der Waals surface area (Å²) in [6.45, 7) is 3.90. The molecule has 2 unspecified atom stereocenters. The van der Waals surface area contributed by atoms with Gasteiger partial charge in [-0.2, -0.15) is 0 Å². The van der Waals surface area contributed by atoms with E-state index in [4.69, 9.17) is 19.3 Å². The fraction of sp³-hybridized carbons (Fsp3) is 0.950. The Hall–Kier alpha value is -1.18. The van der Waals surface area contributed by atoms with Crippen molar-refractivity contribution in [1.82, 2.24) is 0 Å². The van der Waals surface area contributed by atoms with Gasteiger partial charge >= 0.3 is 11.9 Å². The molecule has 0 radical (unpaired) electrons. The number of hydrogen-bond acceptors (Lipinski definition) is 7. The highest BCUT2D eigenvalue weighted by Crippen LogP contribution is 2.15. The first-order valence-corrected chi connectivity index (χ1v) is 20.2. The van der Waals surface area contributed by atoms with Gasteiger partial charge in [0.2, 0.25) is 0 Å². The third kappa shape index (κ3) is 35.9. The maximum Gasteiger partial charge on any atom is 0.305 e. The summed E-state index contributed by atoms with van der Waals surface area (Å²) in [5.41, 5.74) is 0. The van der Waals surface area contributed by atoms with Crippen molar-refractivity contribution in [2.75, 3.05) is 26.4 Å². The van der Waals surface area contributed by atoms with Gasteiger partial charge in [0.05, 0.1) is 13.2 Å². The first-order valence-electron chi connectivity index (χ1n) is 20.2. The Labute approximate surface area is 290 Å². The Bertz CT molecular complexity index is 656. The second kappa shape index (κ2) is 37.6. The first-order chi connectivity index (χ1) is 23.0. The van der Waals surface area contributed by atoms with Gasteiger partial charge in [-0.15, -0.1) is 0 Å². The molecule has 0 aliphatic rings. The van der Waals surface area contributed by atoms with Crippen LogP contribution in [0.25, 0.3) is 0 Å². The van der Waals surface area contributed by atoms with Crippen LogP contribution in [-0.4, -0.2) is 60.8 Å². The Balaban J connectivity index is 3.87. The summed E-state index contributed by atoms with van der Waals surface area (Å²) in [4.78, 5) is 24.6. The van der Waals surface area contributed by atoms with Crippen LogP contribution < -0.4 is 0 Å². The Morgan fingerprint density at radius 1 is 0.447 bits per heavy atom. The van der Waals surface area contributed by atoms with Gasteiger partial charge < -0.3 is 24.4 Å². The highest BCUT2D eigenvalue weighted by Gasteiger charge is 2.17. The molecular weight excluding hydrogens is 592 g/mol. The minimum Gasteiger partial charge on any atom is -0.463 e. The lowest BCUT2D eigenvalue weighted by Crippen LogP contribution is -2.32. The molecule has 280 valence electrons. The average Bonchev–Trinajstić information content (AvgIpc) is 3.07. The third-order valence-electron chi connectivity index (χ3n) is 9.06. The maximum absolute atomic E-state index is 12.3. The smallest absolute Gasteiger partial charge is 0.305 e. The lowest BCUT2D eigenvalue weighted by Gasteiger charge is -2.19. The van der Waals surface area contributed by atoms with Crippen LogP contribution in [-0.2, 0) is 23.8 Å². The van der Waals surface area contributed by atoms with E-state index in [0.29, 0.717) is 12.8 Å². The van der Waals surface area contributed by atoms with E-state index in [1.54, 1.807) is 0 Å². The van der Waals surface area contributed by atoms with Gasteiger partial charge in [0.1, 0.15) is 25.4 Å². The summed E-state index contributed by atoms with van der Waals surface area (Å²) in [6, 6.07) is 0. The van der Waals surface area contributed by atoms with Gasteiger partial charge in [0.25, 0.3) is 0 Å². The Kier molecular flexibility index (Phi) is 36.7. The van der Waals surface area contributed by atoms with Crippen molar-refractivity contribution in [2.24, 2.45) is 0 Å². The zero-order valence-electron chi connectivity index (χ0n) is 31.1. The van der Waals surface area contributed by atoms with Crippen molar-refractivity contribution in [2.45, 2.75) is 219 Å². The topological polar surface area (TPSA) is 102 Å². The van der Waals surface area contributed by atoms with Crippen LogP contribution in [0.15, 0.2) is 0 Å². The van der Waals surface area contributed by atoms with E-state index in [9.17, 15) is 14.7 Å². The van der Waals surface area contributed by atoms with Gasteiger partial charge in [-0.3, -0.25) is 9.59 Å². The SMILES string of the molecule is CCCCCCCCCCCCCCCCCC(=O)OCC(COC(=O)CCCCCCCCCCCCCCC)OCC(O)CO. The molecule has 0 spiro atoms. The molecule has 2 atom stereocenters. The summed E-state index contributed by atoms with van der Waals surface area (Å²) in [6.07, 6.45) is 34.5. The molecular formula is C40H78O7. The van der Waals surface area contributed by atoms with E-state index in [2.05, 4.69) is 13.8 Å². The number of carbonyl (C=O) groups excluding carboxylic acids is 2. The monoisotopic (exact) mass is 671 g/mol. The molecule has 0 aliphatic carbocycles. The molecule has 0 amide bonds. The number of esters is 2. The van der Waals surface area contributed by atoms with Gasteiger partial charge in [-0.05, 0) is 12.8 Å². The van der Waals surface area contributed by atoms with Crippen molar-refractivity contribution in [3.8, 4) is 0 Å². The van der Waals surface area contributed by atoms with Gasteiger partial charge in [-0.25, -0.2) is 0 Å². The highest BCUT2D eigenvalue weighted by molar-refractivity contribution is 5.69. The molecule has 2 N–H and O–H groups in total. The largest absolute Gasteiger partial charge is 0.463 e. The molecule has 0 aromatic heterocycles. The number of unbranched alkanes of at least 4 members (excludes halogenated alkanes) is 26. The molecule has 0 bridgehead atoms. The Morgan fingerprint density at radius 3 is 1.00 bits per heavy atom. The Morgan fingerprint density at radius 2 is 0.723 bits per heavy atom. The molecule has 0 aromatic carbocycles. The number of aliphatic hydroxyl groups is 2. The number of hydrogen-bond donors (Lipinski definition) is 2. The number of aliphatic hydroxyl groups excluding tert-OH is 2. The fourth-order valence-corrected chi connectivity index (χ4v) is 5.89. The number of ether oxygens (including phenoxy) is 3. The summed E-state index contributed by atoms with van der Waals surface area (Å²) < 4.78 is 16.4.